The van der Waals surface area contributed by atoms with Crippen molar-refractivity contribution in [1.29, 1.82) is 0 Å². The Kier molecular flexibility index (Phi) is 5.09. The monoisotopic (exact) mass is 406 g/mol. The Bertz CT molecular complexity index is 1030. The molecule has 2 aromatic carbocycles. The van der Waals surface area contributed by atoms with Crippen LogP contribution in [-0.4, -0.2) is 37.1 Å². The first-order chi connectivity index (χ1) is 14.7. The van der Waals surface area contributed by atoms with Crippen LogP contribution in [0.1, 0.15) is 43.2 Å². The second-order valence-electron chi connectivity index (χ2n) is 8.01. The van der Waals surface area contributed by atoms with Crippen LogP contribution < -0.4 is 14.8 Å². The topological polar surface area (TPSA) is 63.9 Å². The molecule has 2 aliphatic rings. The molecule has 6 heteroatoms. The number of hydrogen-bond donors (Lipinski definition) is 1. The van der Waals surface area contributed by atoms with Crippen molar-refractivity contribution in [2.75, 3.05) is 26.3 Å². The van der Waals surface area contributed by atoms with Crippen LogP contribution in [-0.2, 0) is 4.79 Å². The van der Waals surface area contributed by atoms with Gasteiger partial charge in [0, 0.05) is 11.4 Å². The van der Waals surface area contributed by atoms with Crippen LogP contribution in [0.5, 0.6) is 11.5 Å². The van der Waals surface area contributed by atoms with E-state index in [1.54, 1.807) is 0 Å². The molecule has 2 aliphatic heterocycles. The predicted octanol–water partition coefficient (Wildman–Crippen LogP) is 4.22. The zero-order valence-electron chi connectivity index (χ0n) is 17.1. The van der Waals surface area contributed by atoms with Gasteiger partial charge in [-0.2, -0.15) is 0 Å². The van der Waals surface area contributed by atoms with E-state index in [-0.39, 0.29) is 18.0 Å². The van der Waals surface area contributed by atoms with Crippen LogP contribution in [0.2, 0.25) is 0 Å². The maximum atomic E-state index is 12.8. The van der Waals surface area contributed by atoms with Crippen LogP contribution in [0.25, 0.3) is 11.0 Å². The minimum atomic E-state index is -0.180. The van der Waals surface area contributed by atoms with Crippen LogP contribution in [0.4, 0.5) is 0 Å². The highest BCUT2D eigenvalue weighted by molar-refractivity contribution is 5.80. The Labute approximate surface area is 175 Å². The number of carbonyl (C=O) groups is 1. The lowest BCUT2D eigenvalue weighted by Crippen LogP contribution is -2.38. The number of likely N-dealkylation sites (tertiary alicyclic amines) is 1. The number of furan rings is 1. The summed E-state index contributed by atoms with van der Waals surface area (Å²) in [5.41, 5.74) is 2.02. The average Bonchev–Trinajstić information content (AvgIpc) is 3.40. The molecule has 1 fully saturated rings. The summed E-state index contributed by atoms with van der Waals surface area (Å²) in [6, 6.07) is 16.0. The summed E-state index contributed by atoms with van der Waals surface area (Å²) in [5.74, 6) is 2.38. The van der Waals surface area contributed by atoms with Gasteiger partial charge in [0.2, 0.25) is 5.91 Å². The van der Waals surface area contributed by atoms with Gasteiger partial charge >= 0.3 is 0 Å². The van der Waals surface area contributed by atoms with Gasteiger partial charge in [-0.15, -0.1) is 0 Å². The van der Waals surface area contributed by atoms with Gasteiger partial charge in [-0.25, -0.2) is 0 Å². The van der Waals surface area contributed by atoms with Crippen molar-refractivity contribution in [2.45, 2.75) is 31.8 Å². The minimum absolute atomic E-state index is 0.00685. The van der Waals surface area contributed by atoms with E-state index in [9.17, 15) is 4.79 Å². The third-order valence-electron chi connectivity index (χ3n) is 5.91. The predicted molar refractivity (Wildman–Crippen MR) is 114 cm³/mol. The highest BCUT2D eigenvalue weighted by Crippen LogP contribution is 2.38. The summed E-state index contributed by atoms with van der Waals surface area (Å²) < 4.78 is 17.3. The minimum Gasteiger partial charge on any atom is -0.486 e. The van der Waals surface area contributed by atoms with Gasteiger partial charge in [-0.3, -0.25) is 9.69 Å². The van der Waals surface area contributed by atoms with Crippen molar-refractivity contribution in [3.63, 3.8) is 0 Å². The molecular formula is C24H26N2O4. The first-order valence-corrected chi connectivity index (χ1v) is 10.6. The van der Waals surface area contributed by atoms with Crippen molar-refractivity contribution >= 4 is 16.9 Å². The molecule has 0 radical (unpaired) electrons. The molecule has 2 atom stereocenters. The summed E-state index contributed by atoms with van der Waals surface area (Å²) in [6.07, 6.45) is 2.11. The molecule has 1 saturated heterocycles. The highest BCUT2D eigenvalue weighted by atomic mass is 16.6. The van der Waals surface area contributed by atoms with Crippen molar-refractivity contribution in [2.24, 2.45) is 0 Å². The van der Waals surface area contributed by atoms with Crippen LogP contribution >= 0.6 is 0 Å². The number of nitrogens with one attached hydrogen (secondary N) is 1. The molecule has 156 valence electrons. The Morgan fingerprint density at radius 2 is 1.97 bits per heavy atom. The van der Waals surface area contributed by atoms with Crippen molar-refractivity contribution < 1.29 is 18.7 Å². The molecule has 3 aromatic rings. The Morgan fingerprint density at radius 1 is 1.13 bits per heavy atom. The van der Waals surface area contributed by atoms with E-state index < -0.39 is 0 Å². The third-order valence-corrected chi connectivity index (χ3v) is 5.91. The van der Waals surface area contributed by atoms with Crippen LogP contribution in [0.15, 0.2) is 52.9 Å². The lowest BCUT2D eigenvalue weighted by atomic mass is 10.0. The first kappa shape index (κ1) is 19.0. The summed E-state index contributed by atoms with van der Waals surface area (Å²) >= 11 is 0. The third kappa shape index (κ3) is 3.75. The van der Waals surface area contributed by atoms with E-state index in [4.69, 9.17) is 13.9 Å². The quantitative estimate of drug-likeness (QED) is 0.687. The second kappa shape index (κ2) is 8.03. The molecule has 0 saturated carbocycles. The van der Waals surface area contributed by atoms with Crippen molar-refractivity contribution in [1.82, 2.24) is 10.2 Å². The van der Waals surface area contributed by atoms with Gasteiger partial charge in [-0.1, -0.05) is 24.3 Å². The van der Waals surface area contributed by atoms with Crippen molar-refractivity contribution in [3.05, 3.63) is 59.9 Å². The summed E-state index contributed by atoms with van der Waals surface area (Å²) in [5, 5.41) is 4.13. The number of amides is 1. The zero-order chi connectivity index (χ0) is 20.5. The number of benzene rings is 2. The van der Waals surface area contributed by atoms with Gasteiger partial charge in [0.15, 0.2) is 11.5 Å². The molecule has 30 heavy (non-hydrogen) atoms. The molecule has 0 aliphatic carbocycles. The SMILES string of the molecule is C[C@H](NC(=O)CN1CCC[C@H]1c1ccc2c(c1)OCCO2)c1cc2ccccc2o1. The largest absolute Gasteiger partial charge is 0.486 e. The normalized spacial score (nSPS) is 19.7. The Balaban J connectivity index is 1.24. The fraction of sp³-hybridized carbons (Fsp3) is 0.375. The van der Waals surface area contributed by atoms with Gasteiger partial charge in [0.1, 0.15) is 24.6 Å². The Morgan fingerprint density at radius 3 is 2.83 bits per heavy atom. The molecule has 1 N–H and O–H groups in total. The lowest BCUT2D eigenvalue weighted by Gasteiger charge is -2.26. The standard InChI is InChI=1S/C24H26N2O4/c1-16(22-14-18-5-2-3-7-20(18)30-22)25-24(27)15-26-10-4-6-19(26)17-8-9-21-23(13-17)29-12-11-28-21/h2-3,5,7-9,13-14,16,19H,4,6,10-12,15H2,1H3,(H,25,27)/t16-,19-/m0/s1. The number of nitrogens with zero attached hydrogens (tertiary/aromatic N) is 1. The van der Waals surface area contributed by atoms with Gasteiger partial charge < -0.3 is 19.2 Å². The van der Waals surface area contributed by atoms with Crippen LogP contribution in [0.3, 0.4) is 0 Å². The smallest absolute Gasteiger partial charge is 0.234 e. The lowest BCUT2D eigenvalue weighted by molar-refractivity contribution is -0.123. The molecular weight excluding hydrogens is 380 g/mol. The molecule has 1 amide bonds. The van der Waals surface area contributed by atoms with E-state index in [1.165, 1.54) is 5.56 Å². The number of carbonyl (C=O) groups excluding carboxylic acids is 1. The van der Waals surface area contributed by atoms with E-state index in [0.29, 0.717) is 19.8 Å². The number of hydrogen-bond acceptors (Lipinski definition) is 5. The van der Waals surface area contributed by atoms with E-state index in [1.807, 2.05) is 43.3 Å². The molecule has 5 rings (SSSR count). The van der Waals surface area contributed by atoms with Crippen molar-refractivity contribution in [3.8, 4) is 11.5 Å². The molecule has 1 aromatic heterocycles. The number of para-hydroxylation sites is 1. The molecule has 6 nitrogen and oxygen atoms in total. The molecule has 0 bridgehead atoms. The van der Waals surface area contributed by atoms with E-state index in [2.05, 4.69) is 22.3 Å². The molecule has 3 heterocycles. The number of rotatable bonds is 5. The van der Waals surface area contributed by atoms with E-state index in [0.717, 1.165) is 47.6 Å². The van der Waals surface area contributed by atoms with E-state index >= 15 is 0 Å². The average molecular weight is 406 g/mol. The maximum absolute atomic E-state index is 12.8. The fourth-order valence-corrected chi connectivity index (χ4v) is 4.42. The van der Waals surface area contributed by atoms with Gasteiger partial charge in [0.05, 0.1) is 12.6 Å². The summed E-state index contributed by atoms with van der Waals surface area (Å²) in [7, 11) is 0. The van der Waals surface area contributed by atoms with Gasteiger partial charge in [-0.05, 0) is 56.1 Å². The molecule has 0 spiro atoms. The van der Waals surface area contributed by atoms with Crippen LogP contribution in [0, 0.1) is 0 Å². The second-order valence-corrected chi connectivity index (χ2v) is 8.01. The highest BCUT2D eigenvalue weighted by Gasteiger charge is 2.29. The fourth-order valence-electron chi connectivity index (χ4n) is 4.42. The molecule has 0 unspecified atom stereocenters. The summed E-state index contributed by atoms with van der Waals surface area (Å²) in [4.78, 5) is 15.0. The Hall–Kier alpha value is -2.99. The number of ether oxygens (including phenoxy) is 2. The number of fused-ring (bicyclic) bond motifs is 2. The summed E-state index contributed by atoms with van der Waals surface area (Å²) in [6.45, 7) is 4.39. The van der Waals surface area contributed by atoms with Gasteiger partial charge in [0.25, 0.3) is 0 Å². The zero-order valence-corrected chi connectivity index (χ0v) is 17.1. The first-order valence-electron chi connectivity index (χ1n) is 10.6. The maximum Gasteiger partial charge on any atom is 0.234 e.